The van der Waals surface area contributed by atoms with Crippen molar-refractivity contribution in [3.05, 3.63) is 33.4 Å². The molecule has 22 heavy (non-hydrogen) atoms. The molecule has 0 radical (unpaired) electrons. The second-order valence-electron chi connectivity index (χ2n) is 5.76. The highest BCUT2D eigenvalue weighted by atomic mass is 32.2. The van der Waals surface area contributed by atoms with Gasteiger partial charge >= 0.3 is 0 Å². The summed E-state index contributed by atoms with van der Waals surface area (Å²) < 4.78 is 27.9. The van der Waals surface area contributed by atoms with Gasteiger partial charge in [0.2, 0.25) is 10.0 Å². The summed E-state index contributed by atoms with van der Waals surface area (Å²) >= 11 is 0. The molecule has 1 aromatic carbocycles. The van der Waals surface area contributed by atoms with Crippen molar-refractivity contribution in [2.45, 2.75) is 50.6 Å². The highest BCUT2D eigenvalue weighted by Gasteiger charge is 2.29. The zero-order valence-electron chi connectivity index (χ0n) is 12.9. The Labute approximate surface area is 130 Å². The van der Waals surface area contributed by atoms with Crippen LogP contribution in [0.15, 0.2) is 17.0 Å². The zero-order valence-corrected chi connectivity index (χ0v) is 13.7. The largest absolute Gasteiger partial charge is 0.313 e. The molecule has 1 aromatic rings. The highest BCUT2D eigenvalue weighted by molar-refractivity contribution is 7.89. The molecule has 0 spiro atoms. The first kappa shape index (κ1) is 16.9. The van der Waals surface area contributed by atoms with Gasteiger partial charge in [-0.05, 0) is 51.3 Å². The number of non-ortho nitro benzene ring substituents is 1. The van der Waals surface area contributed by atoms with Crippen LogP contribution in [0.5, 0.6) is 0 Å². The molecule has 2 N–H and O–H groups in total. The molecule has 7 nitrogen and oxygen atoms in total. The van der Waals surface area contributed by atoms with Gasteiger partial charge in [0, 0.05) is 24.2 Å². The lowest BCUT2D eigenvalue weighted by atomic mass is 10.0. The van der Waals surface area contributed by atoms with Crippen LogP contribution in [0, 0.1) is 24.0 Å². The summed E-state index contributed by atoms with van der Waals surface area (Å²) in [7, 11) is -3.80. The van der Waals surface area contributed by atoms with Crippen LogP contribution in [-0.2, 0) is 10.0 Å². The van der Waals surface area contributed by atoms with Crippen molar-refractivity contribution in [3.8, 4) is 0 Å². The molecule has 8 heteroatoms. The second kappa shape index (κ2) is 6.31. The molecule has 1 aliphatic rings. The van der Waals surface area contributed by atoms with Crippen molar-refractivity contribution in [2.75, 3.05) is 6.54 Å². The average Bonchev–Trinajstić information content (AvgIpc) is 2.43. The molecule has 0 aliphatic carbocycles. The van der Waals surface area contributed by atoms with Crippen molar-refractivity contribution in [3.63, 3.8) is 0 Å². The molecule has 1 aliphatic heterocycles. The highest BCUT2D eigenvalue weighted by Crippen LogP contribution is 2.26. The minimum absolute atomic E-state index is 0.0167. The van der Waals surface area contributed by atoms with E-state index in [9.17, 15) is 18.5 Å². The number of benzene rings is 1. The van der Waals surface area contributed by atoms with Crippen LogP contribution in [-0.4, -0.2) is 32.0 Å². The molecular weight excluding hydrogens is 306 g/mol. The molecule has 1 heterocycles. The predicted molar refractivity (Wildman–Crippen MR) is 83.4 cm³/mol. The van der Waals surface area contributed by atoms with Gasteiger partial charge in [0.15, 0.2) is 0 Å². The van der Waals surface area contributed by atoms with Gasteiger partial charge in [-0.15, -0.1) is 0 Å². The lowest BCUT2D eigenvalue weighted by Crippen LogP contribution is -2.51. The lowest BCUT2D eigenvalue weighted by molar-refractivity contribution is -0.385. The van der Waals surface area contributed by atoms with Crippen molar-refractivity contribution in [1.82, 2.24) is 10.0 Å². The van der Waals surface area contributed by atoms with Gasteiger partial charge in [0.25, 0.3) is 5.69 Å². The van der Waals surface area contributed by atoms with E-state index in [1.165, 1.54) is 6.07 Å². The van der Waals surface area contributed by atoms with Gasteiger partial charge in [0.1, 0.15) is 0 Å². The minimum atomic E-state index is -3.80. The normalized spacial score (nSPS) is 22.5. The molecule has 2 rings (SSSR count). The Kier molecular flexibility index (Phi) is 4.84. The molecular formula is C14H21N3O4S. The van der Waals surface area contributed by atoms with Gasteiger partial charge in [-0.1, -0.05) is 0 Å². The van der Waals surface area contributed by atoms with E-state index in [0.29, 0.717) is 11.1 Å². The number of hydrogen-bond acceptors (Lipinski definition) is 5. The van der Waals surface area contributed by atoms with Crippen molar-refractivity contribution in [1.29, 1.82) is 0 Å². The summed E-state index contributed by atoms with van der Waals surface area (Å²) in [6.07, 6.45) is 1.64. The molecule has 0 aromatic heterocycles. The molecule has 0 amide bonds. The number of nitro benzene ring substituents is 1. The van der Waals surface area contributed by atoms with Crippen LogP contribution in [0.2, 0.25) is 0 Å². The SMILES string of the molecule is Cc1cc([N+](=O)[O-])cc(S(=O)(=O)NC2CCCNC2C)c1C. The van der Waals surface area contributed by atoms with Crippen molar-refractivity contribution >= 4 is 15.7 Å². The Bertz CT molecular complexity index is 688. The van der Waals surface area contributed by atoms with E-state index in [1.807, 2.05) is 6.92 Å². The molecule has 1 saturated heterocycles. The van der Waals surface area contributed by atoms with Crippen LogP contribution >= 0.6 is 0 Å². The summed E-state index contributed by atoms with van der Waals surface area (Å²) in [6, 6.07) is 2.34. The maximum atomic E-state index is 12.6. The fourth-order valence-electron chi connectivity index (χ4n) is 2.66. The Morgan fingerprint density at radius 2 is 2.05 bits per heavy atom. The van der Waals surface area contributed by atoms with Gasteiger partial charge in [-0.25, -0.2) is 13.1 Å². The average molecular weight is 327 g/mol. The van der Waals surface area contributed by atoms with E-state index in [2.05, 4.69) is 10.0 Å². The summed E-state index contributed by atoms with van der Waals surface area (Å²) in [5.74, 6) is 0. The third kappa shape index (κ3) is 3.45. The van der Waals surface area contributed by atoms with E-state index >= 15 is 0 Å². The number of piperidine rings is 1. The summed E-state index contributed by atoms with van der Waals surface area (Å²) in [5.41, 5.74) is 0.914. The quantitative estimate of drug-likeness (QED) is 0.646. The van der Waals surface area contributed by atoms with Gasteiger partial charge in [-0.2, -0.15) is 0 Å². The summed E-state index contributed by atoms with van der Waals surface area (Å²) in [4.78, 5) is 10.4. The van der Waals surface area contributed by atoms with Crippen LogP contribution < -0.4 is 10.0 Å². The van der Waals surface area contributed by atoms with Gasteiger partial charge in [-0.3, -0.25) is 10.1 Å². The standard InChI is InChI=1S/C14H21N3O4S/c1-9-7-12(17(18)19)8-14(10(9)2)22(20,21)16-13-5-4-6-15-11(13)3/h7-8,11,13,15-16H,4-6H2,1-3H3. The zero-order chi connectivity index (χ0) is 16.5. The number of aryl methyl sites for hydroxylation is 1. The molecule has 0 saturated carbocycles. The molecule has 1 fully saturated rings. The van der Waals surface area contributed by atoms with Crippen molar-refractivity contribution < 1.29 is 13.3 Å². The van der Waals surface area contributed by atoms with Crippen molar-refractivity contribution in [2.24, 2.45) is 0 Å². The molecule has 0 bridgehead atoms. The number of nitro groups is 1. The summed E-state index contributed by atoms with van der Waals surface area (Å²) in [5, 5.41) is 14.2. The topological polar surface area (TPSA) is 101 Å². The van der Waals surface area contributed by atoms with E-state index in [1.54, 1.807) is 13.8 Å². The Balaban J connectivity index is 2.38. The van der Waals surface area contributed by atoms with Crippen LogP contribution in [0.1, 0.15) is 30.9 Å². The predicted octanol–water partition coefficient (Wildman–Crippen LogP) is 1.63. The number of rotatable bonds is 4. The first-order valence-electron chi connectivity index (χ1n) is 7.23. The van der Waals surface area contributed by atoms with E-state index < -0.39 is 14.9 Å². The Morgan fingerprint density at radius 1 is 1.36 bits per heavy atom. The fraction of sp³-hybridized carbons (Fsp3) is 0.571. The second-order valence-corrected chi connectivity index (χ2v) is 7.44. The Hall–Kier alpha value is -1.51. The van der Waals surface area contributed by atoms with Gasteiger partial charge in [0.05, 0.1) is 9.82 Å². The first-order chi connectivity index (χ1) is 10.2. The summed E-state index contributed by atoms with van der Waals surface area (Å²) in [6.45, 7) is 6.13. The molecule has 2 unspecified atom stereocenters. The Morgan fingerprint density at radius 3 is 2.64 bits per heavy atom. The molecule has 2 atom stereocenters. The number of nitrogens with zero attached hydrogens (tertiary/aromatic N) is 1. The van der Waals surface area contributed by atoms with Crippen LogP contribution in [0.4, 0.5) is 5.69 Å². The smallest absolute Gasteiger partial charge is 0.271 e. The maximum Gasteiger partial charge on any atom is 0.271 e. The third-order valence-corrected chi connectivity index (χ3v) is 5.79. The number of nitrogens with one attached hydrogen (secondary N) is 2. The van der Waals surface area contributed by atoms with E-state index in [-0.39, 0.29) is 22.7 Å². The van der Waals surface area contributed by atoms with E-state index in [0.717, 1.165) is 25.5 Å². The monoisotopic (exact) mass is 327 g/mol. The van der Waals surface area contributed by atoms with Crippen LogP contribution in [0.25, 0.3) is 0 Å². The first-order valence-corrected chi connectivity index (χ1v) is 8.72. The fourth-order valence-corrected chi connectivity index (χ4v) is 4.35. The van der Waals surface area contributed by atoms with Crippen LogP contribution in [0.3, 0.4) is 0 Å². The van der Waals surface area contributed by atoms with Gasteiger partial charge < -0.3 is 5.32 Å². The molecule has 122 valence electrons. The maximum absolute atomic E-state index is 12.6. The lowest BCUT2D eigenvalue weighted by Gasteiger charge is -2.30. The third-order valence-electron chi connectivity index (χ3n) is 4.17. The number of hydrogen-bond donors (Lipinski definition) is 2. The number of sulfonamides is 1. The van der Waals surface area contributed by atoms with E-state index in [4.69, 9.17) is 0 Å². The minimum Gasteiger partial charge on any atom is -0.313 e.